The molecule has 0 amide bonds. The summed E-state index contributed by atoms with van der Waals surface area (Å²) in [6.07, 6.45) is 5.30. The maximum Gasteiger partial charge on any atom is 0.335 e. The van der Waals surface area contributed by atoms with Crippen molar-refractivity contribution in [2.24, 2.45) is 0 Å². The molecular weight excluding hydrogens is 260 g/mol. The first kappa shape index (κ1) is 14.8. The average Bonchev–Trinajstić information content (AvgIpc) is 2.52. The van der Waals surface area contributed by atoms with Gasteiger partial charge in [-0.3, -0.25) is 0 Å². The maximum absolute atomic E-state index is 11.3. The summed E-state index contributed by atoms with van der Waals surface area (Å²) in [6.45, 7) is 7.37. The molecule has 0 unspecified atom stereocenters. The Morgan fingerprint density at radius 3 is 2.38 bits per heavy atom. The second kappa shape index (κ2) is 6.71. The molecule has 0 aliphatic heterocycles. The van der Waals surface area contributed by atoms with Crippen LogP contribution in [0, 0.1) is 13.8 Å². The number of ether oxygens (including phenoxy) is 1. The number of rotatable bonds is 4. The molecule has 0 aliphatic rings. The highest BCUT2D eigenvalue weighted by Crippen LogP contribution is 2.25. The van der Waals surface area contributed by atoms with Crippen molar-refractivity contribution in [2.45, 2.75) is 13.8 Å². The van der Waals surface area contributed by atoms with Crippen molar-refractivity contribution >= 4 is 18.1 Å². The third-order valence-electron chi connectivity index (χ3n) is 3.41. The van der Waals surface area contributed by atoms with E-state index in [1.54, 1.807) is 0 Å². The minimum Gasteiger partial charge on any atom is -0.423 e. The van der Waals surface area contributed by atoms with Gasteiger partial charge in [0.25, 0.3) is 0 Å². The van der Waals surface area contributed by atoms with Crippen LogP contribution in [0.5, 0.6) is 5.75 Å². The van der Waals surface area contributed by atoms with E-state index in [2.05, 4.69) is 30.9 Å². The van der Waals surface area contributed by atoms with E-state index < -0.39 is 5.97 Å². The topological polar surface area (TPSA) is 26.3 Å². The molecule has 2 nitrogen and oxygen atoms in total. The Balaban J connectivity index is 2.26. The second-order valence-corrected chi connectivity index (χ2v) is 4.77. The number of carbonyl (C=O) groups is 1. The van der Waals surface area contributed by atoms with E-state index in [1.165, 1.54) is 0 Å². The molecule has 21 heavy (non-hydrogen) atoms. The van der Waals surface area contributed by atoms with Gasteiger partial charge in [0.1, 0.15) is 5.75 Å². The van der Waals surface area contributed by atoms with Crippen molar-refractivity contribution in [3.8, 4) is 5.75 Å². The molecule has 0 saturated carbocycles. The fraction of sp³-hybridized carbons (Fsp3) is 0.105. The fourth-order valence-electron chi connectivity index (χ4n) is 2.01. The lowest BCUT2D eigenvalue weighted by Crippen LogP contribution is -2.05. The lowest BCUT2D eigenvalue weighted by Gasteiger charge is -2.10. The van der Waals surface area contributed by atoms with Gasteiger partial charge in [0.2, 0.25) is 0 Å². The van der Waals surface area contributed by atoms with E-state index in [1.807, 2.05) is 44.2 Å². The summed E-state index contributed by atoms with van der Waals surface area (Å²) in [5, 5.41) is 0. The molecule has 2 aromatic carbocycles. The molecule has 0 saturated heterocycles. The van der Waals surface area contributed by atoms with Crippen LogP contribution in [-0.2, 0) is 4.79 Å². The lowest BCUT2D eigenvalue weighted by molar-refractivity contribution is -0.129. The number of benzene rings is 2. The van der Waals surface area contributed by atoms with Gasteiger partial charge in [0, 0.05) is 6.08 Å². The van der Waals surface area contributed by atoms with Gasteiger partial charge in [0.05, 0.1) is 0 Å². The largest absolute Gasteiger partial charge is 0.423 e. The van der Waals surface area contributed by atoms with Crippen LogP contribution in [0.1, 0.15) is 22.3 Å². The predicted molar refractivity (Wildman–Crippen MR) is 87.1 cm³/mol. The summed E-state index contributed by atoms with van der Waals surface area (Å²) in [4.78, 5) is 11.3. The van der Waals surface area contributed by atoms with Crippen LogP contribution in [0.4, 0.5) is 0 Å². The first-order chi connectivity index (χ1) is 10.1. The molecule has 106 valence electrons. The van der Waals surface area contributed by atoms with E-state index in [0.717, 1.165) is 28.3 Å². The highest BCUT2D eigenvalue weighted by atomic mass is 16.5. The molecule has 0 spiro atoms. The average molecular weight is 278 g/mol. The molecule has 0 radical (unpaired) electrons. The third kappa shape index (κ3) is 3.69. The van der Waals surface area contributed by atoms with Crippen LogP contribution >= 0.6 is 0 Å². The fourth-order valence-corrected chi connectivity index (χ4v) is 2.01. The Kier molecular flexibility index (Phi) is 4.72. The molecule has 0 bridgehead atoms. The van der Waals surface area contributed by atoms with Gasteiger partial charge in [-0.25, -0.2) is 4.79 Å². The number of carbonyl (C=O) groups excluding carboxylic acids is 1. The van der Waals surface area contributed by atoms with Gasteiger partial charge >= 0.3 is 5.97 Å². The Morgan fingerprint density at radius 2 is 1.71 bits per heavy atom. The molecule has 0 N–H and O–H groups in total. The van der Waals surface area contributed by atoms with Crippen molar-refractivity contribution < 1.29 is 9.53 Å². The molecule has 0 heterocycles. The highest BCUT2D eigenvalue weighted by molar-refractivity contribution is 5.84. The molecule has 0 fully saturated rings. The van der Waals surface area contributed by atoms with E-state index in [0.29, 0.717) is 5.75 Å². The monoisotopic (exact) mass is 278 g/mol. The smallest absolute Gasteiger partial charge is 0.335 e. The van der Waals surface area contributed by atoms with Crippen LogP contribution in [0.15, 0.2) is 55.1 Å². The summed E-state index contributed by atoms with van der Waals surface area (Å²) >= 11 is 0. The van der Waals surface area contributed by atoms with Gasteiger partial charge < -0.3 is 4.74 Å². The van der Waals surface area contributed by atoms with Crippen molar-refractivity contribution in [3.05, 3.63) is 77.4 Å². The molecule has 0 atom stereocenters. The molecule has 0 aliphatic carbocycles. The Hall–Kier alpha value is -2.61. The van der Waals surface area contributed by atoms with Crippen molar-refractivity contribution in [2.75, 3.05) is 0 Å². The summed E-state index contributed by atoms with van der Waals surface area (Å²) in [6, 6.07) is 13.9. The normalized spacial score (nSPS) is 10.6. The van der Waals surface area contributed by atoms with Crippen LogP contribution in [-0.4, -0.2) is 5.97 Å². The number of esters is 1. The van der Waals surface area contributed by atoms with E-state index in [9.17, 15) is 4.79 Å². The standard InChI is InChI=1S/C19H18O2/c1-4-19(20)21-18-13-12-17(14(2)15(18)3)11-10-16-8-6-5-7-9-16/h4-13H,1H2,2-3H3. The van der Waals surface area contributed by atoms with Gasteiger partial charge in [-0.1, -0.05) is 55.1 Å². The summed E-state index contributed by atoms with van der Waals surface area (Å²) in [5.41, 5.74) is 4.31. The van der Waals surface area contributed by atoms with Gasteiger partial charge in [-0.05, 0) is 42.2 Å². The summed E-state index contributed by atoms with van der Waals surface area (Å²) in [5.74, 6) is 0.138. The van der Waals surface area contributed by atoms with Crippen molar-refractivity contribution in [3.63, 3.8) is 0 Å². The third-order valence-corrected chi connectivity index (χ3v) is 3.41. The molecule has 0 aromatic heterocycles. The zero-order valence-electron chi connectivity index (χ0n) is 12.3. The van der Waals surface area contributed by atoms with E-state index >= 15 is 0 Å². The second-order valence-electron chi connectivity index (χ2n) is 4.77. The SMILES string of the molecule is C=CC(=O)Oc1ccc(C=Cc2ccccc2)c(C)c1C. The first-order valence-corrected chi connectivity index (χ1v) is 6.79. The molecule has 2 rings (SSSR count). The highest BCUT2D eigenvalue weighted by Gasteiger charge is 2.08. The molecule has 2 heteroatoms. The predicted octanol–water partition coefficient (Wildman–Crippen LogP) is 4.57. The number of hydrogen-bond donors (Lipinski definition) is 0. The molecule has 2 aromatic rings. The van der Waals surface area contributed by atoms with Crippen LogP contribution in [0.2, 0.25) is 0 Å². The Bertz CT molecular complexity index is 682. The van der Waals surface area contributed by atoms with Gasteiger partial charge in [-0.2, -0.15) is 0 Å². The summed E-state index contributed by atoms with van der Waals surface area (Å²) in [7, 11) is 0. The number of hydrogen-bond acceptors (Lipinski definition) is 2. The van der Waals surface area contributed by atoms with Crippen molar-refractivity contribution in [1.29, 1.82) is 0 Å². The quantitative estimate of drug-likeness (QED) is 0.354. The van der Waals surface area contributed by atoms with Gasteiger partial charge in [0.15, 0.2) is 0 Å². The molecular formula is C19H18O2. The maximum atomic E-state index is 11.3. The zero-order valence-corrected chi connectivity index (χ0v) is 12.3. The first-order valence-electron chi connectivity index (χ1n) is 6.79. The van der Waals surface area contributed by atoms with Crippen LogP contribution in [0.25, 0.3) is 12.2 Å². The van der Waals surface area contributed by atoms with Crippen molar-refractivity contribution in [1.82, 2.24) is 0 Å². The zero-order chi connectivity index (χ0) is 15.2. The Morgan fingerprint density at radius 1 is 1.00 bits per heavy atom. The van der Waals surface area contributed by atoms with E-state index in [4.69, 9.17) is 4.74 Å². The van der Waals surface area contributed by atoms with Gasteiger partial charge in [-0.15, -0.1) is 0 Å². The Labute approximate surface area is 125 Å². The lowest BCUT2D eigenvalue weighted by atomic mass is 10.0. The minimum atomic E-state index is -0.440. The van der Waals surface area contributed by atoms with Crippen LogP contribution in [0.3, 0.4) is 0 Å². The minimum absolute atomic E-state index is 0.440. The summed E-state index contributed by atoms with van der Waals surface area (Å²) < 4.78 is 5.21. The van der Waals surface area contributed by atoms with Crippen LogP contribution < -0.4 is 4.74 Å². The van der Waals surface area contributed by atoms with E-state index in [-0.39, 0.29) is 0 Å².